The van der Waals surface area contributed by atoms with Gasteiger partial charge < -0.3 is 20.5 Å². The van der Waals surface area contributed by atoms with Gasteiger partial charge in [0.1, 0.15) is 0 Å². The van der Waals surface area contributed by atoms with Gasteiger partial charge in [-0.15, -0.1) is 0 Å². The number of ether oxygens (including phenoxy) is 2. The number of benzene rings is 2. The molecular formula is C23H32N4O2. The van der Waals surface area contributed by atoms with Crippen LogP contribution in [0.1, 0.15) is 23.1 Å². The Kier molecular flexibility index (Phi) is 8.97. The van der Waals surface area contributed by atoms with Gasteiger partial charge in [-0.1, -0.05) is 54.6 Å². The molecule has 156 valence electrons. The standard InChI is InChI=1S/C23H32N4O2/c24-23(25-10-5-11-27-12-14-28-15-13-27)26-17-21-8-4-9-22(16-21)19-29-18-20-6-2-1-3-7-20/h1-4,6-9,16H,5,10-15,17-19H2,(H3,24,25,26). The molecule has 1 aliphatic rings. The van der Waals surface area contributed by atoms with Crippen molar-refractivity contribution in [1.82, 2.24) is 10.2 Å². The predicted molar refractivity (Wildman–Crippen MR) is 117 cm³/mol. The van der Waals surface area contributed by atoms with E-state index in [2.05, 4.69) is 45.5 Å². The van der Waals surface area contributed by atoms with E-state index in [0.29, 0.717) is 25.7 Å². The summed E-state index contributed by atoms with van der Waals surface area (Å²) >= 11 is 0. The van der Waals surface area contributed by atoms with Crippen molar-refractivity contribution in [3.63, 3.8) is 0 Å². The van der Waals surface area contributed by atoms with Crippen LogP contribution >= 0.6 is 0 Å². The van der Waals surface area contributed by atoms with Gasteiger partial charge in [-0.05, 0) is 29.7 Å². The first-order valence-electron chi connectivity index (χ1n) is 10.3. The number of nitrogens with two attached hydrogens (primary N) is 1. The highest BCUT2D eigenvalue weighted by molar-refractivity contribution is 5.77. The number of morpholine rings is 1. The lowest BCUT2D eigenvalue weighted by molar-refractivity contribution is 0.0376. The van der Waals surface area contributed by atoms with Gasteiger partial charge in [-0.3, -0.25) is 4.90 Å². The Morgan fingerprint density at radius 3 is 2.55 bits per heavy atom. The number of nitrogens with one attached hydrogen (secondary N) is 1. The molecule has 3 N–H and O–H groups in total. The van der Waals surface area contributed by atoms with E-state index in [1.807, 2.05) is 24.3 Å². The third-order valence-electron chi connectivity index (χ3n) is 4.86. The minimum Gasteiger partial charge on any atom is -0.379 e. The van der Waals surface area contributed by atoms with Crippen molar-refractivity contribution in [3.05, 3.63) is 71.3 Å². The third kappa shape index (κ3) is 8.23. The van der Waals surface area contributed by atoms with Crippen LogP contribution in [-0.4, -0.2) is 50.3 Å². The zero-order valence-electron chi connectivity index (χ0n) is 17.1. The lowest BCUT2D eigenvalue weighted by atomic mass is 10.1. The molecule has 1 heterocycles. The zero-order valence-corrected chi connectivity index (χ0v) is 17.1. The molecule has 1 aliphatic heterocycles. The van der Waals surface area contributed by atoms with Crippen LogP contribution in [0.4, 0.5) is 0 Å². The highest BCUT2D eigenvalue weighted by Crippen LogP contribution is 2.10. The highest BCUT2D eigenvalue weighted by Gasteiger charge is 2.09. The fourth-order valence-electron chi connectivity index (χ4n) is 3.26. The van der Waals surface area contributed by atoms with Crippen LogP contribution < -0.4 is 11.1 Å². The van der Waals surface area contributed by atoms with Crippen LogP contribution in [0.15, 0.2) is 59.6 Å². The first kappa shape index (κ1) is 21.3. The summed E-state index contributed by atoms with van der Waals surface area (Å²) in [4.78, 5) is 6.88. The quantitative estimate of drug-likeness (QED) is 0.367. The van der Waals surface area contributed by atoms with E-state index in [0.717, 1.165) is 56.9 Å². The summed E-state index contributed by atoms with van der Waals surface area (Å²) in [5.74, 6) is 0.498. The Labute approximate surface area is 173 Å². The number of aliphatic imine (C=N–C) groups is 1. The first-order chi connectivity index (χ1) is 14.3. The predicted octanol–water partition coefficient (Wildman–Crippen LogP) is 2.53. The summed E-state index contributed by atoms with van der Waals surface area (Å²) in [5.41, 5.74) is 9.46. The molecule has 2 aromatic carbocycles. The molecule has 0 aromatic heterocycles. The van der Waals surface area contributed by atoms with Gasteiger partial charge in [0, 0.05) is 19.6 Å². The van der Waals surface area contributed by atoms with Gasteiger partial charge in [0.2, 0.25) is 0 Å². The summed E-state index contributed by atoms with van der Waals surface area (Å²) in [6, 6.07) is 18.5. The average molecular weight is 397 g/mol. The minimum absolute atomic E-state index is 0.498. The lowest BCUT2D eigenvalue weighted by Crippen LogP contribution is -2.39. The number of hydrogen-bond donors (Lipinski definition) is 2. The van der Waals surface area contributed by atoms with Crippen molar-refractivity contribution < 1.29 is 9.47 Å². The van der Waals surface area contributed by atoms with Crippen molar-refractivity contribution in [3.8, 4) is 0 Å². The molecule has 0 aliphatic carbocycles. The topological polar surface area (TPSA) is 72.1 Å². The normalized spacial score (nSPS) is 15.4. The summed E-state index contributed by atoms with van der Waals surface area (Å²) in [6.45, 7) is 7.39. The van der Waals surface area contributed by atoms with E-state index < -0.39 is 0 Å². The van der Waals surface area contributed by atoms with Crippen molar-refractivity contribution in [2.45, 2.75) is 26.2 Å². The van der Waals surface area contributed by atoms with E-state index in [1.165, 1.54) is 5.56 Å². The number of nitrogens with zero attached hydrogens (tertiary/aromatic N) is 2. The molecule has 2 aromatic rings. The van der Waals surface area contributed by atoms with E-state index in [4.69, 9.17) is 15.2 Å². The molecule has 29 heavy (non-hydrogen) atoms. The van der Waals surface area contributed by atoms with Crippen LogP contribution in [-0.2, 0) is 29.2 Å². The van der Waals surface area contributed by atoms with Crippen LogP contribution in [0.25, 0.3) is 0 Å². The van der Waals surface area contributed by atoms with E-state index in [9.17, 15) is 0 Å². The molecule has 0 saturated carbocycles. The van der Waals surface area contributed by atoms with Gasteiger partial charge in [0.05, 0.1) is 33.0 Å². The number of guanidine groups is 1. The molecule has 0 spiro atoms. The summed E-state index contributed by atoms with van der Waals surface area (Å²) in [5, 5.41) is 3.20. The van der Waals surface area contributed by atoms with Crippen LogP contribution in [0.3, 0.4) is 0 Å². The molecule has 0 unspecified atom stereocenters. The van der Waals surface area contributed by atoms with Gasteiger partial charge in [-0.25, -0.2) is 4.99 Å². The maximum absolute atomic E-state index is 6.00. The fourth-order valence-corrected chi connectivity index (χ4v) is 3.26. The highest BCUT2D eigenvalue weighted by atomic mass is 16.5. The third-order valence-corrected chi connectivity index (χ3v) is 4.86. The Balaban J connectivity index is 1.35. The summed E-state index contributed by atoms with van der Waals surface area (Å²) in [7, 11) is 0. The second-order valence-electron chi connectivity index (χ2n) is 7.23. The molecule has 1 fully saturated rings. The maximum Gasteiger partial charge on any atom is 0.188 e. The SMILES string of the molecule is NC(=NCc1cccc(COCc2ccccc2)c1)NCCCN1CCOCC1. The van der Waals surface area contributed by atoms with Crippen molar-refractivity contribution in [2.75, 3.05) is 39.4 Å². The Morgan fingerprint density at radius 1 is 1.00 bits per heavy atom. The molecule has 0 radical (unpaired) electrons. The summed E-state index contributed by atoms with van der Waals surface area (Å²) in [6.07, 6.45) is 1.05. The van der Waals surface area contributed by atoms with E-state index in [-0.39, 0.29) is 0 Å². The Morgan fingerprint density at radius 2 is 1.72 bits per heavy atom. The second-order valence-corrected chi connectivity index (χ2v) is 7.23. The van der Waals surface area contributed by atoms with E-state index >= 15 is 0 Å². The van der Waals surface area contributed by atoms with Gasteiger partial charge in [0.15, 0.2) is 5.96 Å². The zero-order chi connectivity index (χ0) is 20.2. The minimum atomic E-state index is 0.498. The Bertz CT molecular complexity index is 746. The van der Waals surface area contributed by atoms with E-state index in [1.54, 1.807) is 0 Å². The molecule has 0 amide bonds. The lowest BCUT2D eigenvalue weighted by Gasteiger charge is -2.26. The van der Waals surface area contributed by atoms with Crippen LogP contribution in [0, 0.1) is 0 Å². The van der Waals surface area contributed by atoms with Crippen LogP contribution in [0.2, 0.25) is 0 Å². The molecule has 6 nitrogen and oxygen atoms in total. The summed E-state index contributed by atoms with van der Waals surface area (Å²) < 4.78 is 11.2. The molecule has 0 atom stereocenters. The average Bonchev–Trinajstić information content (AvgIpc) is 2.77. The van der Waals surface area contributed by atoms with Gasteiger partial charge in [-0.2, -0.15) is 0 Å². The van der Waals surface area contributed by atoms with Gasteiger partial charge in [0.25, 0.3) is 0 Å². The van der Waals surface area contributed by atoms with Crippen molar-refractivity contribution in [2.24, 2.45) is 10.7 Å². The van der Waals surface area contributed by atoms with Crippen molar-refractivity contribution >= 4 is 5.96 Å². The molecule has 6 heteroatoms. The smallest absolute Gasteiger partial charge is 0.188 e. The number of hydrogen-bond acceptors (Lipinski definition) is 4. The number of rotatable bonds is 10. The molecule has 0 bridgehead atoms. The maximum atomic E-state index is 6.00. The first-order valence-corrected chi connectivity index (χ1v) is 10.3. The van der Waals surface area contributed by atoms with Crippen molar-refractivity contribution in [1.29, 1.82) is 0 Å². The van der Waals surface area contributed by atoms with Gasteiger partial charge >= 0.3 is 0 Å². The molecule has 1 saturated heterocycles. The Hall–Kier alpha value is -2.41. The van der Waals surface area contributed by atoms with Crippen LogP contribution in [0.5, 0.6) is 0 Å². The monoisotopic (exact) mass is 396 g/mol. The largest absolute Gasteiger partial charge is 0.379 e. The second kappa shape index (κ2) is 12.2. The molecular weight excluding hydrogens is 364 g/mol. The fraction of sp³-hybridized carbons (Fsp3) is 0.435. The molecule has 3 rings (SSSR count).